The largest absolute Gasteiger partial charge is 0.481 e. The summed E-state index contributed by atoms with van der Waals surface area (Å²) in [6, 6.07) is 7.78. The van der Waals surface area contributed by atoms with Crippen molar-refractivity contribution < 1.29 is 14.7 Å². The van der Waals surface area contributed by atoms with Crippen molar-refractivity contribution in [3.05, 3.63) is 34.9 Å². The van der Waals surface area contributed by atoms with Gasteiger partial charge in [0.25, 0.3) is 0 Å². The van der Waals surface area contributed by atoms with Gasteiger partial charge in [0, 0.05) is 24.0 Å². The van der Waals surface area contributed by atoms with E-state index in [4.69, 9.17) is 16.7 Å². The molecule has 1 aromatic rings. The first-order valence-electron chi connectivity index (χ1n) is 8.12. The third-order valence-electron chi connectivity index (χ3n) is 4.88. The maximum absolute atomic E-state index is 12.6. The van der Waals surface area contributed by atoms with Crippen molar-refractivity contribution in [2.45, 2.75) is 45.1 Å². The van der Waals surface area contributed by atoms with Gasteiger partial charge in [-0.25, -0.2) is 0 Å². The molecule has 1 atom stereocenters. The minimum absolute atomic E-state index is 0.0386. The number of aliphatic carboxylic acids is 1. The molecule has 1 saturated carbocycles. The van der Waals surface area contributed by atoms with Crippen LogP contribution in [0.25, 0.3) is 0 Å². The van der Waals surface area contributed by atoms with Crippen molar-refractivity contribution in [1.82, 2.24) is 4.90 Å². The normalized spacial score (nSPS) is 22.4. The third-order valence-corrected chi connectivity index (χ3v) is 5.13. The number of likely N-dealkylation sites (N-methyl/N-ethyl adjacent to an activating group) is 1. The highest BCUT2D eigenvalue weighted by Crippen LogP contribution is 2.30. The van der Waals surface area contributed by atoms with E-state index in [0.29, 0.717) is 30.7 Å². The zero-order valence-electron chi connectivity index (χ0n) is 13.7. The number of carboxylic acid groups (broad SMARTS) is 1. The monoisotopic (exact) mass is 337 g/mol. The molecule has 1 amide bonds. The number of halogens is 1. The zero-order valence-corrected chi connectivity index (χ0v) is 14.4. The first kappa shape index (κ1) is 17.8. The lowest BCUT2D eigenvalue weighted by Gasteiger charge is -2.32. The number of carbonyl (C=O) groups excluding carboxylic acids is 1. The molecule has 5 heteroatoms. The summed E-state index contributed by atoms with van der Waals surface area (Å²) < 4.78 is 0. The Bertz CT molecular complexity index is 550. The SMILES string of the molecule is CC(Cc1ccc(Cl)cc1)N(C)C(=O)C1CCC(C(=O)O)CC1. The second kappa shape index (κ2) is 7.82. The van der Waals surface area contributed by atoms with Crippen LogP contribution in [-0.4, -0.2) is 35.0 Å². The molecule has 1 aliphatic rings. The molecular weight excluding hydrogens is 314 g/mol. The molecule has 0 saturated heterocycles. The van der Waals surface area contributed by atoms with E-state index in [-0.39, 0.29) is 23.8 Å². The Morgan fingerprint density at radius 2 is 1.70 bits per heavy atom. The molecular formula is C18H24ClNO3. The number of amides is 1. The van der Waals surface area contributed by atoms with Gasteiger partial charge in [0.1, 0.15) is 0 Å². The van der Waals surface area contributed by atoms with Gasteiger partial charge in [-0.05, 0) is 56.7 Å². The Balaban J connectivity index is 1.89. The number of carbonyl (C=O) groups is 2. The summed E-state index contributed by atoms with van der Waals surface area (Å²) in [5.74, 6) is -0.922. The van der Waals surface area contributed by atoms with Crippen molar-refractivity contribution in [2.75, 3.05) is 7.05 Å². The van der Waals surface area contributed by atoms with Crippen LogP contribution in [0.2, 0.25) is 5.02 Å². The molecule has 23 heavy (non-hydrogen) atoms. The molecule has 1 fully saturated rings. The summed E-state index contributed by atoms with van der Waals surface area (Å²) in [5, 5.41) is 9.75. The summed E-state index contributed by atoms with van der Waals surface area (Å²) in [4.78, 5) is 25.4. The van der Waals surface area contributed by atoms with Crippen molar-refractivity contribution in [2.24, 2.45) is 11.8 Å². The number of hydrogen-bond donors (Lipinski definition) is 1. The molecule has 0 bridgehead atoms. The van der Waals surface area contributed by atoms with Gasteiger partial charge >= 0.3 is 5.97 Å². The van der Waals surface area contributed by atoms with E-state index in [9.17, 15) is 9.59 Å². The van der Waals surface area contributed by atoms with Gasteiger partial charge in [-0.2, -0.15) is 0 Å². The minimum atomic E-state index is -0.736. The van der Waals surface area contributed by atoms with Crippen molar-refractivity contribution >= 4 is 23.5 Å². The fourth-order valence-corrected chi connectivity index (χ4v) is 3.32. The molecule has 0 aliphatic heterocycles. The topological polar surface area (TPSA) is 57.6 Å². The molecule has 0 aromatic heterocycles. The second-order valence-electron chi connectivity index (χ2n) is 6.52. The van der Waals surface area contributed by atoms with E-state index < -0.39 is 5.97 Å². The Kier molecular flexibility index (Phi) is 6.05. The standard InChI is InChI=1S/C18H24ClNO3/c1-12(11-13-3-9-16(19)10-4-13)20(2)17(21)14-5-7-15(8-6-14)18(22)23/h3-4,9-10,12,14-15H,5-8,11H2,1-2H3,(H,22,23). The van der Waals surface area contributed by atoms with E-state index in [1.54, 1.807) is 4.90 Å². The van der Waals surface area contributed by atoms with Gasteiger partial charge in [-0.15, -0.1) is 0 Å². The van der Waals surface area contributed by atoms with Crippen LogP contribution in [0.15, 0.2) is 24.3 Å². The van der Waals surface area contributed by atoms with Gasteiger partial charge in [0.05, 0.1) is 5.92 Å². The maximum atomic E-state index is 12.6. The Morgan fingerprint density at radius 1 is 1.17 bits per heavy atom. The molecule has 4 nitrogen and oxygen atoms in total. The van der Waals surface area contributed by atoms with Gasteiger partial charge in [-0.1, -0.05) is 23.7 Å². The summed E-state index contributed by atoms with van der Waals surface area (Å²) in [6.07, 6.45) is 3.34. The third kappa shape index (κ3) is 4.71. The fourth-order valence-electron chi connectivity index (χ4n) is 3.19. The summed E-state index contributed by atoms with van der Waals surface area (Å²) in [7, 11) is 1.84. The van der Waals surface area contributed by atoms with Crippen LogP contribution in [0.3, 0.4) is 0 Å². The van der Waals surface area contributed by atoms with Crippen molar-refractivity contribution in [3.8, 4) is 0 Å². The van der Waals surface area contributed by atoms with Crippen molar-refractivity contribution in [1.29, 1.82) is 0 Å². The quantitative estimate of drug-likeness (QED) is 0.892. The smallest absolute Gasteiger partial charge is 0.306 e. The van der Waals surface area contributed by atoms with Gasteiger partial charge in [-0.3, -0.25) is 9.59 Å². The van der Waals surface area contributed by atoms with Crippen LogP contribution in [0, 0.1) is 11.8 Å². The molecule has 1 aliphatic carbocycles. The lowest BCUT2D eigenvalue weighted by atomic mass is 9.81. The van der Waals surface area contributed by atoms with Gasteiger partial charge in [0.2, 0.25) is 5.91 Å². The first-order chi connectivity index (χ1) is 10.9. The van der Waals surface area contributed by atoms with Gasteiger partial charge < -0.3 is 10.0 Å². The molecule has 0 spiro atoms. The van der Waals surface area contributed by atoms with E-state index in [1.807, 2.05) is 38.2 Å². The first-order valence-corrected chi connectivity index (χ1v) is 8.50. The highest BCUT2D eigenvalue weighted by atomic mass is 35.5. The van der Waals surface area contributed by atoms with Crippen LogP contribution in [0.1, 0.15) is 38.2 Å². The van der Waals surface area contributed by atoms with E-state index in [1.165, 1.54) is 0 Å². The van der Waals surface area contributed by atoms with Crippen LogP contribution in [0.5, 0.6) is 0 Å². The summed E-state index contributed by atoms with van der Waals surface area (Å²) >= 11 is 5.89. The molecule has 1 aromatic carbocycles. The molecule has 1 N–H and O–H groups in total. The van der Waals surface area contributed by atoms with Crippen LogP contribution >= 0.6 is 11.6 Å². The lowest BCUT2D eigenvalue weighted by Crippen LogP contribution is -2.41. The number of rotatable bonds is 5. The number of nitrogens with zero attached hydrogens (tertiary/aromatic N) is 1. The molecule has 1 unspecified atom stereocenters. The Morgan fingerprint density at radius 3 is 2.22 bits per heavy atom. The zero-order chi connectivity index (χ0) is 17.0. The Labute approximate surface area is 142 Å². The maximum Gasteiger partial charge on any atom is 0.306 e. The fraction of sp³-hybridized carbons (Fsp3) is 0.556. The highest BCUT2D eigenvalue weighted by molar-refractivity contribution is 6.30. The van der Waals surface area contributed by atoms with E-state index in [0.717, 1.165) is 12.0 Å². The number of hydrogen-bond acceptors (Lipinski definition) is 2. The number of benzene rings is 1. The lowest BCUT2D eigenvalue weighted by molar-refractivity contribution is -0.145. The molecule has 2 rings (SSSR count). The number of carboxylic acids is 1. The minimum Gasteiger partial charge on any atom is -0.481 e. The molecule has 0 heterocycles. The highest BCUT2D eigenvalue weighted by Gasteiger charge is 2.32. The average molecular weight is 338 g/mol. The summed E-state index contributed by atoms with van der Waals surface area (Å²) in [6.45, 7) is 2.04. The second-order valence-corrected chi connectivity index (χ2v) is 6.95. The predicted octanol–water partition coefficient (Wildman–Crippen LogP) is 3.62. The van der Waals surface area contributed by atoms with E-state index in [2.05, 4.69) is 0 Å². The van der Waals surface area contributed by atoms with Crippen LogP contribution in [-0.2, 0) is 16.0 Å². The van der Waals surface area contributed by atoms with Crippen LogP contribution in [0.4, 0.5) is 0 Å². The average Bonchev–Trinajstić information content (AvgIpc) is 2.55. The molecule has 126 valence electrons. The van der Waals surface area contributed by atoms with E-state index >= 15 is 0 Å². The Hall–Kier alpha value is -1.55. The predicted molar refractivity (Wildman–Crippen MR) is 90.5 cm³/mol. The summed E-state index contributed by atoms with van der Waals surface area (Å²) in [5.41, 5.74) is 1.15. The van der Waals surface area contributed by atoms with Crippen molar-refractivity contribution in [3.63, 3.8) is 0 Å². The van der Waals surface area contributed by atoms with Crippen LogP contribution < -0.4 is 0 Å². The molecule has 0 radical (unpaired) electrons. The van der Waals surface area contributed by atoms with Gasteiger partial charge in [0.15, 0.2) is 0 Å².